The van der Waals surface area contributed by atoms with Crippen LogP contribution in [0.15, 0.2) is 30.6 Å². The third-order valence-corrected chi connectivity index (χ3v) is 0.566. The minimum Gasteiger partial charge on any atom is -0.265 e. The van der Waals surface area contributed by atoms with Gasteiger partial charge in [0.05, 0.1) is 0 Å². The first-order valence-electron chi connectivity index (χ1n) is 1.85. The molecule has 0 saturated heterocycles. The van der Waals surface area contributed by atoms with Crippen molar-refractivity contribution >= 4 is 34.0 Å². The first kappa shape index (κ1) is 11.0. The van der Waals surface area contributed by atoms with Crippen LogP contribution in [-0.4, -0.2) is 4.98 Å². The molecular weight excluding hydrogens is 234 g/mol. The summed E-state index contributed by atoms with van der Waals surface area (Å²) in [7, 11) is 0. The summed E-state index contributed by atoms with van der Waals surface area (Å²) >= 11 is 0. The zero-order valence-electron chi connectivity index (χ0n) is 4.15. The summed E-state index contributed by atoms with van der Waals surface area (Å²) in [5.41, 5.74) is 0. The predicted octanol–water partition coefficient (Wildman–Crippen LogP) is 2.24. The SMILES string of the molecule is Br.Br.c1ccncc1. The lowest BCUT2D eigenvalue weighted by Gasteiger charge is -1.70. The fourth-order valence-electron chi connectivity index (χ4n) is 0.313. The number of rotatable bonds is 0. The largest absolute Gasteiger partial charge is 0.265 e. The minimum atomic E-state index is 0. The molecule has 1 rings (SSSR count). The van der Waals surface area contributed by atoms with Gasteiger partial charge in [-0.1, -0.05) is 6.07 Å². The zero-order chi connectivity index (χ0) is 4.24. The molecule has 0 amide bonds. The maximum absolute atomic E-state index is 3.78. The van der Waals surface area contributed by atoms with Crippen LogP contribution in [0.25, 0.3) is 0 Å². The van der Waals surface area contributed by atoms with E-state index in [1.54, 1.807) is 12.4 Å². The molecule has 0 fully saturated rings. The molecular formula is C5H7Br2N. The lowest BCUT2D eigenvalue weighted by atomic mass is 10.5. The van der Waals surface area contributed by atoms with Gasteiger partial charge in [0.2, 0.25) is 0 Å². The summed E-state index contributed by atoms with van der Waals surface area (Å²) < 4.78 is 0. The molecule has 3 heteroatoms. The van der Waals surface area contributed by atoms with Gasteiger partial charge in [0.1, 0.15) is 0 Å². The van der Waals surface area contributed by atoms with Crippen molar-refractivity contribution in [1.29, 1.82) is 0 Å². The van der Waals surface area contributed by atoms with Crippen LogP contribution in [0.4, 0.5) is 0 Å². The van der Waals surface area contributed by atoms with Crippen LogP contribution < -0.4 is 0 Å². The van der Waals surface area contributed by atoms with Gasteiger partial charge in [-0.2, -0.15) is 0 Å². The fraction of sp³-hybridized carbons (Fsp3) is 0. The van der Waals surface area contributed by atoms with Crippen LogP contribution in [0, 0.1) is 0 Å². The van der Waals surface area contributed by atoms with Crippen LogP contribution in [0.5, 0.6) is 0 Å². The topological polar surface area (TPSA) is 12.9 Å². The van der Waals surface area contributed by atoms with Crippen molar-refractivity contribution < 1.29 is 0 Å². The lowest BCUT2D eigenvalue weighted by Crippen LogP contribution is -1.58. The van der Waals surface area contributed by atoms with E-state index in [1.807, 2.05) is 18.2 Å². The second-order valence-corrected chi connectivity index (χ2v) is 1.02. The lowest BCUT2D eigenvalue weighted by molar-refractivity contribution is 1.33. The Morgan fingerprint density at radius 3 is 1.38 bits per heavy atom. The van der Waals surface area contributed by atoms with Crippen LogP contribution in [-0.2, 0) is 0 Å². The number of hydrogen-bond acceptors (Lipinski definition) is 1. The molecule has 8 heavy (non-hydrogen) atoms. The van der Waals surface area contributed by atoms with Gasteiger partial charge in [0.15, 0.2) is 0 Å². The Hall–Kier alpha value is 0.110. The van der Waals surface area contributed by atoms with Crippen molar-refractivity contribution in [3.8, 4) is 0 Å². The Labute approximate surface area is 69.7 Å². The van der Waals surface area contributed by atoms with Gasteiger partial charge in [-0.15, -0.1) is 34.0 Å². The molecule has 0 atom stereocenters. The van der Waals surface area contributed by atoms with E-state index in [-0.39, 0.29) is 34.0 Å². The Kier molecular flexibility index (Phi) is 9.76. The van der Waals surface area contributed by atoms with E-state index in [4.69, 9.17) is 0 Å². The summed E-state index contributed by atoms with van der Waals surface area (Å²) in [5.74, 6) is 0. The molecule has 0 N–H and O–H groups in total. The number of nitrogens with zero attached hydrogens (tertiary/aromatic N) is 1. The number of aromatic nitrogens is 1. The fourth-order valence-corrected chi connectivity index (χ4v) is 0.313. The van der Waals surface area contributed by atoms with Crippen molar-refractivity contribution in [3.05, 3.63) is 30.6 Å². The van der Waals surface area contributed by atoms with E-state index < -0.39 is 0 Å². The zero-order valence-corrected chi connectivity index (χ0v) is 7.58. The minimum absolute atomic E-state index is 0. The van der Waals surface area contributed by atoms with E-state index in [2.05, 4.69) is 4.98 Å². The number of halogens is 2. The van der Waals surface area contributed by atoms with E-state index in [0.29, 0.717) is 0 Å². The van der Waals surface area contributed by atoms with E-state index in [1.165, 1.54) is 0 Å². The first-order valence-corrected chi connectivity index (χ1v) is 1.85. The molecule has 1 nitrogen and oxygen atoms in total. The van der Waals surface area contributed by atoms with E-state index in [9.17, 15) is 0 Å². The molecule has 0 spiro atoms. The molecule has 1 aromatic rings. The number of pyridine rings is 1. The Bertz CT molecular complexity index is 82.4. The molecule has 0 aliphatic rings. The predicted molar refractivity (Wildman–Crippen MR) is 44.9 cm³/mol. The molecule has 1 aromatic heterocycles. The molecule has 0 aromatic carbocycles. The van der Waals surface area contributed by atoms with Crippen molar-refractivity contribution in [2.45, 2.75) is 0 Å². The molecule has 46 valence electrons. The third-order valence-electron chi connectivity index (χ3n) is 0.566. The van der Waals surface area contributed by atoms with Crippen molar-refractivity contribution in [2.24, 2.45) is 0 Å². The van der Waals surface area contributed by atoms with Gasteiger partial charge >= 0.3 is 0 Å². The third kappa shape index (κ3) is 4.27. The van der Waals surface area contributed by atoms with Crippen molar-refractivity contribution in [3.63, 3.8) is 0 Å². The summed E-state index contributed by atoms with van der Waals surface area (Å²) in [6.07, 6.45) is 3.50. The highest BCUT2D eigenvalue weighted by atomic mass is 79.9. The van der Waals surface area contributed by atoms with Gasteiger partial charge in [-0.25, -0.2) is 0 Å². The van der Waals surface area contributed by atoms with Gasteiger partial charge in [0.25, 0.3) is 0 Å². The summed E-state index contributed by atoms with van der Waals surface area (Å²) in [6, 6.07) is 5.72. The molecule has 1 heterocycles. The summed E-state index contributed by atoms with van der Waals surface area (Å²) in [5, 5.41) is 0. The monoisotopic (exact) mass is 239 g/mol. The summed E-state index contributed by atoms with van der Waals surface area (Å²) in [6.45, 7) is 0. The van der Waals surface area contributed by atoms with Gasteiger partial charge in [-0.3, -0.25) is 4.98 Å². The van der Waals surface area contributed by atoms with Gasteiger partial charge < -0.3 is 0 Å². The molecule has 0 aliphatic heterocycles. The molecule has 0 saturated carbocycles. The average Bonchev–Trinajstić information content (AvgIpc) is 1.72. The van der Waals surface area contributed by atoms with Crippen LogP contribution in [0.3, 0.4) is 0 Å². The highest BCUT2D eigenvalue weighted by Crippen LogP contribution is 1.73. The maximum atomic E-state index is 3.78. The van der Waals surface area contributed by atoms with Crippen molar-refractivity contribution in [1.82, 2.24) is 4.98 Å². The van der Waals surface area contributed by atoms with Gasteiger partial charge in [-0.05, 0) is 12.1 Å². The van der Waals surface area contributed by atoms with Gasteiger partial charge in [0, 0.05) is 12.4 Å². The second-order valence-electron chi connectivity index (χ2n) is 1.02. The average molecular weight is 241 g/mol. The standard InChI is InChI=1S/C5H5N.2BrH/c1-2-4-6-5-3-1;;/h1-5H;2*1H. The molecule has 0 unspecified atom stereocenters. The number of hydrogen-bond donors (Lipinski definition) is 0. The quantitative estimate of drug-likeness (QED) is 0.678. The Morgan fingerprint density at radius 2 is 1.25 bits per heavy atom. The smallest absolute Gasteiger partial charge is 0.0267 e. The highest BCUT2D eigenvalue weighted by molar-refractivity contribution is 8.93. The second kappa shape index (κ2) is 7.11. The van der Waals surface area contributed by atoms with Crippen LogP contribution >= 0.6 is 34.0 Å². The normalized spacial score (nSPS) is 6.00. The molecule has 0 radical (unpaired) electrons. The van der Waals surface area contributed by atoms with E-state index >= 15 is 0 Å². The highest BCUT2D eigenvalue weighted by Gasteiger charge is 1.58. The Morgan fingerprint density at radius 1 is 0.750 bits per heavy atom. The molecule has 0 bridgehead atoms. The molecule has 0 aliphatic carbocycles. The van der Waals surface area contributed by atoms with Crippen LogP contribution in [0.2, 0.25) is 0 Å². The first-order chi connectivity index (χ1) is 3.00. The Balaban J connectivity index is 0. The summed E-state index contributed by atoms with van der Waals surface area (Å²) in [4.78, 5) is 3.78. The van der Waals surface area contributed by atoms with E-state index in [0.717, 1.165) is 0 Å². The van der Waals surface area contributed by atoms with Crippen molar-refractivity contribution in [2.75, 3.05) is 0 Å². The maximum Gasteiger partial charge on any atom is 0.0267 e. The van der Waals surface area contributed by atoms with Crippen LogP contribution in [0.1, 0.15) is 0 Å².